The SMILES string of the molecule is CCC(=O)Nc1ccc(OCC(=O)N2CCN3CCNC(=O)[C@H]3C2)cc1. The van der Waals surface area contributed by atoms with Crippen molar-refractivity contribution in [2.75, 3.05) is 44.6 Å². The number of carbonyl (C=O) groups excluding carboxylic acids is 3. The minimum Gasteiger partial charge on any atom is -0.484 e. The van der Waals surface area contributed by atoms with E-state index in [0.717, 1.165) is 6.54 Å². The summed E-state index contributed by atoms with van der Waals surface area (Å²) >= 11 is 0. The summed E-state index contributed by atoms with van der Waals surface area (Å²) in [7, 11) is 0. The second-order valence-corrected chi connectivity index (χ2v) is 6.40. The highest BCUT2D eigenvalue weighted by atomic mass is 16.5. The van der Waals surface area contributed by atoms with E-state index in [1.165, 1.54) is 0 Å². The van der Waals surface area contributed by atoms with Gasteiger partial charge in [0.1, 0.15) is 11.8 Å². The van der Waals surface area contributed by atoms with E-state index in [-0.39, 0.29) is 30.4 Å². The van der Waals surface area contributed by atoms with Crippen molar-refractivity contribution in [3.63, 3.8) is 0 Å². The summed E-state index contributed by atoms with van der Waals surface area (Å²) in [5, 5.41) is 5.60. The maximum absolute atomic E-state index is 12.4. The van der Waals surface area contributed by atoms with Crippen molar-refractivity contribution >= 4 is 23.4 Å². The molecule has 3 rings (SSSR count). The van der Waals surface area contributed by atoms with E-state index in [1.54, 1.807) is 36.1 Å². The Morgan fingerprint density at radius 2 is 2.00 bits per heavy atom. The highest BCUT2D eigenvalue weighted by molar-refractivity contribution is 5.90. The van der Waals surface area contributed by atoms with Crippen molar-refractivity contribution in [2.45, 2.75) is 19.4 Å². The number of carbonyl (C=O) groups is 3. The summed E-state index contributed by atoms with van der Waals surface area (Å²) in [4.78, 5) is 39.5. The molecule has 2 aliphatic heterocycles. The van der Waals surface area contributed by atoms with Gasteiger partial charge < -0.3 is 20.3 Å². The van der Waals surface area contributed by atoms with Crippen LogP contribution in [0.5, 0.6) is 5.75 Å². The molecule has 2 fully saturated rings. The van der Waals surface area contributed by atoms with Gasteiger partial charge >= 0.3 is 0 Å². The first kappa shape index (κ1) is 18.2. The normalized spacial score (nSPS) is 20.1. The van der Waals surface area contributed by atoms with Crippen LogP contribution in [0.25, 0.3) is 0 Å². The van der Waals surface area contributed by atoms with Gasteiger partial charge in [-0.3, -0.25) is 19.3 Å². The zero-order valence-corrected chi connectivity index (χ0v) is 14.9. The van der Waals surface area contributed by atoms with Crippen LogP contribution in [0.1, 0.15) is 13.3 Å². The summed E-state index contributed by atoms with van der Waals surface area (Å²) in [6.07, 6.45) is 0.416. The molecule has 2 N–H and O–H groups in total. The topological polar surface area (TPSA) is 91.0 Å². The van der Waals surface area contributed by atoms with Gasteiger partial charge in [-0.15, -0.1) is 0 Å². The van der Waals surface area contributed by atoms with E-state index in [9.17, 15) is 14.4 Å². The maximum Gasteiger partial charge on any atom is 0.260 e. The Morgan fingerprint density at radius 1 is 1.23 bits per heavy atom. The highest BCUT2D eigenvalue weighted by Crippen LogP contribution is 2.17. The highest BCUT2D eigenvalue weighted by Gasteiger charge is 2.36. The fourth-order valence-electron chi connectivity index (χ4n) is 3.12. The molecule has 0 aliphatic carbocycles. The lowest BCUT2D eigenvalue weighted by atomic mass is 10.1. The molecule has 0 aromatic heterocycles. The van der Waals surface area contributed by atoms with Gasteiger partial charge in [-0.1, -0.05) is 6.92 Å². The number of piperazine rings is 2. The van der Waals surface area contributed by atoms with Gasteiger partial charge in [0.2, 0.25) is 11.8 Å². The molecule has 1 aromatic rings. The Bertz CT molecular complexity index is 676. The molecule has 2 aliphatic rings. The third-order valence-corrected chi connectivity index (χ3v) is 4.67. The van der Waals surface area contributed by atoms with Crippen LogP contribution in [0.15, 0.2) is 24.3 Å². The van der Waals surface area contributed by atoms with Gasteiger partial charge in [-0.25, -0.2) is 0 Å². The predicted molar refractivity (Wildman–Crippen MR) is 95.8 cm³/mol. The van der Waals surface area contributed by atoms with E-state index < -0.39 is 0 Å². The number of hydrogen-bond acceptors (Lipinski definition) is 5. The Hall–Kier alpha value is -2.61. The van der Waals surface area contributed by atoms with Crippen LogP contribution in [0.3, 0.4) is 0 Å². The summed E-state index contributed by atoms with van der Waals surface area (Å²) in [5.74, 6) is 0.354. The van der Waals surface area contributed by atoms with Crippen molar-refractivity contribution in [1.82, 2.24) is 15.1 Å². The third kappa shape index (κ3) is 4.32. The molecule has 3 amide bonds. The van der Waals surface area contributed by atoms with Gasteiger partial charge in [-0.2, -0.15) is 0 Å². The quantitative estimate of drug-likeness (QED) is 0.775. The summed E-state index contributed by atoms with van der Waals surface area (Å²) in [6.45, 7) is 4.92. The Labute approximate surface area is 152 Å². The second-order valence-electron chi connectivity index (χ2n) is 6.40. The van der Waals surface area contributed by atoms with Crippen LogP contribution in [0.4, 0.5) is 5.69 Å². The first-order valence-corrected chi connectivity index (χ1v) is 8.89. The first-order valence-electron chi connectivity index (χ1n) is 8.89. The van der Waals surface area contributed by atoms with E-state index >= 15 is 0 Å². The van der Waals surface area contributed by atoms with E-state index in [2.05, 4.69) is 15.5 Å². The van der Waals surface area contributed by atoms with E-state index in [0.29, 0.717) is 44.0 Å². The molecule has 0 spiro atoms. The minimum atomic E-state index is -0.261. The van der Waals surface area contributed by atoms with Gasteiger partial charge in [0.15, 0.2) is 6.61 Å². The largest absolute Gasteiger partial charge is 0.484 e. The molecular formula is C18H24N4O4. The molecule has 140 valence electrons. The average Bonchev–Trinajstić information content (AvgIpc) is 2.67. The third-order valence-electron chi connectivity index (χ3n) is 4.67. The first-order chi connectivity index (χ1) is 12.6. The zero-order chi connectivity index (χ0) is 18.5. The Balaban J connectivity index is 1.49. The van der Waals surface area contributed by atoms with Gasteiger partial charge in [0.25, 0.3) is 5.91 Å². The number of fused-ring (bicyclic) bond motifs is 1. The summed E-state index contributed by atoms with van der Waals surface area (Å²) in [6, 6.07) is 6.63. The molecule has 2 saturated heterocycles. The van der Waals surface area contributed by atoms with E-state index in [4.69, 9.17) is 4.74 Å². The van der Waals surface area contributed by atoms with Crippen LogP contribution >= 0.6 is 0 Å². The lowest BCUT2D eigenvalue weighted by molar-refractivity contribution is -0.141. The van der Waals surface area contributed by atoms with Crippen molar-refractivity contribution in [3.8, 4) is 5.75 Å². The van der Waals surface area contributed by atoms with Crippen LogP contribution in [-0.2, 0) is 14.4 Å². The molecule has 1 atom stereocenters. The van der Waals surface area contributed by atoms with Crippen LogP contribution in [0.2, 0.25) is 0 Å². The van der Waals surface area contributed by atoms with Crippen LogP contribution < -0.4 is 15.4 Å². The molecule has 1 aromatic carbocycles. The molecule has 8 nitrogen and oxygen atoms in total. The molecular weight excluding hydrogens is 336 g/mol. The summed E-state index contributed by atoms with van der Waals surface area (Å²) < 4.78 is 5.55. The number of benzene rings is 1. The van der Waals surface area contributed by atoms with Crippen LogP contribution in [-0.4, -0.2) is 72.9 Å². The number of ether oxygens (including phenoxy) is 1. The number of rotatable bonds is 5. The Kier molecular flexibility index (Phi) is 5.72. The second kappa shape index (κ2) is 8.18. The van der Waals surface area contributed by atoms with Crippen LogP contribution in [0, 0.1) is 0 Å². The zero-order valence-electron chi connectivity index (χ0n) is 14.9. The number of nitrogens with zero attached hydrogens (tertiary/aromatic N) is 2. The number of hydrogen-bond donors (Lipinski definition) is 2. The molecule has 8 heteroatoms. The molecule has 0 unspecified atom stereocenters. The smallest absolute Gasteiger partial charge is 0.260 e. The van der Waals surface area contributed by atoms with Gasteiger partial charge in [0, 0.05) is 44.8 Å². The molecule has 26 heavy (non-hydrogen) atoms. The maximum atomic E-state index is 12.4. The molecule has 0 bridgehead atoms. The van der Waals surface area contributed by atoms with Gasteiger partial charge in [-0.05, 0) is 24.3 Å². The van der Waals surface area contributed by atoms with Crippen molar-refractivity contribution < 1.29 is 19.1 Å². The van der Waals surface area contributed by atoms with E-state index in [1.807, 2.05) is 0 Å². The molecule has 0 radical (unpaired) electrons. The number of anilines is 1. The average molecular weight is 360 g/mol. The molecule has 2 heterocycles. The lowest BCUT2D eigenvalue weighted by Crippen LogP contribution is -2.64. The van der Waals surface area contributed by atoms with Crippen molar-refractivity contribution in [2.24, 2.45) is 0 Å². The van der Waals surface area contributed by atoms with Crippen molar-refractivity contribution in [1.29, 1.82) is 0 Å². The standard InChI is InChI=1S/C18H24N4O4/c1-2-16(23)20-13-3-5-14(6-4-13)26-12-17(24)22-10-9-21-8-7-19-18(25)15(21)11-22/h3-6,15H,2,7-12H2,1H3,(H,19,25)(H,20,23)/t15-/m1/s1. The fraction of sp³-hybridized carbons (Fsp3) is 0.500. The lowest BCUT2D eigenvalue weighted by Gasteiger charge is -2.42. The number of nitrogens with one attached hydrogen (secondary N) is 2. The monoisotopic (exact) mass is 360 g/mol. The van der Waals surface area contributed by atoms with Gasteiger partial charge in [0.05, 0.1) is 0 Å². The predicted octanol–water partition coefficient (Wildman–Crippen LogP) is 0.0565. The summed E-state index contributed by atoms with van der Waals surface area (Å²) in [5.41, 5.74) is 0.690. The Morgan fingerprint density at radius 3 is 2.73 bits per heavy atom. The number of amides is 3. The molecule has 0 saturated carbocycles. The fourth-order valence-corrected chi connectivity index (χ4v) is 3.12. The van der Waals surface area contributed by atoms with Crippen molar-refractivity contribution in [3.05, 3.63) is 24.3 Å². The minimum absolute atomic E-state index is 0.0145.